The maximum atomic E-state index is 10.5. The van der Waals surface area contributed by atoms with Crippen molar-refractivity contribution in [1.82, 2.24) is 15.0 Å². The Kier molecular flexibility index (Phi) is 5.67. The first-order valence-corrected chi connectivity index (χ1v) is 13.2. The van der Waals surface area contributed by atoms with E-state index < -0.39 is 0 Å². The monoisotopic (exact) mass is 523 g/mol. The quantitative estimate of drug-likeness (QED) is 0.244. The topological polar surface area (TPSA) is 81.3 Å². The molecule has 7 rings (SSSR count). The summed E-state index contributed by atoms with van der Waals surface area (Å²) in [6, 6.07) is 34.0. The van der Waals surface area contributed by atoms with Gasteiger partial charge in [0.05, 0.1) is 11.7 Å². The number of fused-ring (bicyclic) bond motifs is 5. The highest BCUT2D eigenvalue weighted by molar-refractivity contribution is 6.22. The Bertz CT molecular complexity index is 2030. The van der Waals surface area contributed by atoms with E-state index in [4.69, 9.17) is 19.1 Å². The number of rotatable bonds is 5. The fourth-order valence-electron chi connectivity index (χ4n) is 5.16. The van der Waals surface area contributed by atoms with Gasteiger partial charge < -0.3 is 14.3 Å². The molecule has 0 radical (unpaired) electrons. The summed E-state index contributed by atoms with van der Waals surface area (Å²) in [5, 5.41) is 14.7. The van der Waals surface area contributed by atoms with Gasteiger partial charge in [-0.3, -0.25) is 0 Å². The van der Waals surface area contributed by atoms with E-state index in [0.717, 1.165) is 49.4 Å². The standard InChI is InChI=1S/C34H25N3O3/c1-20(2)39-34-36-32(25-14-8-9-15-28(25)38)35-33(37-34)27-19-30-31(24-13-7-6-12-23(24)27)26-17-16-22(18-29(26)40-30)21-10-4-3-5-11-21/h3-20,38H,1-2H3. The van der Waals surface area contributed by atoms with E-state index in [1.54, 1.807) is 18.2 Å². The van der Waals surface area contributed by atoms with Crippen LogP contribution in [0.5, 0.6) is 11.8 Å². The molecular formula is C34H25N3O3. The van der Waals surface area contributed by atoms with Crippen molar-refractivity contribution in [3.05, 3.63) is 103 Å². The highest BCUT2D eigenvalue weighted by Gasteiger charge is 2.20. The number of ether oxygens (including phenoxy) is 1. The van der Waals surface area contributed by atoms with E-state index in [9.17, 15) is 5.11 Å². The van der Waals surface area contributed by atoms with Crippen LogP contribution in [-0.2, 0) is 0 Å². The Morgan fingerprint density at radius 3 is 2.10 bits per heavy atom. The molecule has 0 unspecified atom stereocenters. The van der Waals surface area contributed by atoms with Gasteiger partial charge in [0.25, 0.3) is 0 Å². The Labute approximate surface area is 230 Å². The Morgan fingerprint density at radius 1 is 0.625 bits per heavy atom. The maximum absolute atomic E-state index is 10.5. The predicted molar refractivity (Wildman–Crippen MR) is 158 cm³/mol. The summed E-state index contributed by atoms with van der Waals surface area (Å²) in [5.74, 6) is 0.856. The van der Waals surface area contributed by atoms with Gasteiger partial charge >= 0.3 is 6.01 Å². The van der Waals surface area contributed by atoms with Gasteiger partial charge in [0.2, 0.25) is 0 Å². The third-order valence-electron chi connectivity index (χ3n) is 6.93. The normalized spacial score (nSPS) is 11.6. The highest BCUT2D eigenvalue weighted by Crippen LogP contribution is 2.41. The van der Waals surface area contributed by atoms with E-state index in [2.05, 4.69) is 47.4 Å². The van der Waals surface area contributed by atoms with E-state index >= 15 is 0 Å². The van der Waals surface area contributed by atoms with E-state index in [1.165, 1.54) is 0 Å². The largest absolute Gasteiger partial charge is 0.507 e. The van der Waals surface area contributed by atoms with E-state index in [-0.39, 0.29) is 17.9 Å². The van der Waals surface area contributed by atoms with Gasteiger partial charge in [0, 0.05) is 16.3 Å². The van der Waals surface area contributed by atoms with Crippen molar-refractivity contribution in [2.24, 2.45) is 0 Å². The fourth-order valence-corrected chi connectivity index (χ4v) is 5.16. The Hall–Kier alpha value is -5.23. The van der Waals surface area contributed by atoms with E-state index in [1.807, 2.05) is 56.3 Å². The molecule has 6 heteroatoms. The van der Waals surface area contributed by atoms with Crippen LogP contribution in [0.2, 0.25) is 0 Å². The lowest BCUT2D eigenvalue weighted by Gasteiger charge is -2.13. The van der Waals surface area contributed by atoms with Crippen molar-refractivity contribution in [3.8, 4) is 45.7 Å². The van der Waals surface area contributed by atoms with Crippen molar-refractivity contribution in [3.63, 3.8) is 0 Å². The van der Waals surface area contributed by atoms with Crippen LogP contribution in [0.4, 0.5) is 0 Å². The van der Waals surface area contributed by atoms with E-state index in [0.29, 0.717) is 17.2 Å². The molecule has 1 N–H and O–H groups in total. The zero-order chi connectivity index (χ0) is 27.2. The number of phenols is 1. The molecule has 0 atom stereocenters. The molecule has 2 aromatic heterocycles. The minimum absolute atomic E-state index is 0.0851. The lowest BCUT2D eigenvalue weighted by molar-refractivity contribution is 0.222. The van der Waals surface area contributed by atoms with Gasteiger partial charge in [-0.05, 0) is 66.1 Å². The number of aromatic nitrogens is 3. The molecule has 5 aromatic carbocycles. The first kappa shape index (κ1) is 23.9. The minimum atomic E-state index is -0.138. The SMILES string of the molecule is CC(C)Oc1nc(-c2ccccc2O)nc(-c2cc3oc4cc(-c5ccccc5)ccc4c3c3ccccc23)n1. The summed E-state index contributed by atoms with van der Waals surface area (Å²) in [7, 11) is 0. The first-order valence-electron chi connectivity index (χ1n) is 13.2. The van der Waals surface area contributed by atoms with Gasteiger partial charge in [-0.25, -0.2) is 4.98 Å². The molecule has 0 saturated heterocycles. The van der Waals surface area contributed by atoms with Gasteiger partial charge in [-0.2, -0.15) is 9.97 Å². The Balaban J connectivity index is 1.48. The smallest absolute Gasteiger partial charge is 0.320 e. The number of hydrogen-bond donors (Lipinski definition) is 1. The number of para-hydroxylation sites is 1. The molecule has 0 amide bonds. The van der Waals surface area contributed by atoms with Crippen LogP contribution in [0, 0.1) is 0 Å². The highest BCUT2D eigenvalue weighted by atomic mass is 16.5. The van der Waals surface area contributed by atoms with Gasteiger partial charge in [0.1, 0.15) is 16.9 Å². The van der Waals surface area contributed by atoms with Gasteiger partial charge in [-0.15, -0.1) is 0 Å². The minimum Gasteiger partial charge on any atom is -0.507 e. The average Bonchev–Trinajstić information content (AvgIpc) is 3.35. The molecule has 40 heavy (non-hydrogen) atoms. The van der Waals surface area contributed by atoms with Crippen LogP contribution in [0.15, 0.2) is 108 Å². The zero-order valence-electron chi connectivity index (χ0n) is 22.0. The van der Waals surface area contributed by atoms with Gasteiger partial charge in [0.15, 0.2) is 11.6 Å². The average molecular weight is 524 g/mol. The number of furan rings is 1. The van der Waals surface area contributed by atoms with Gasteiger partial charge in [-0.1, -0.05) is 72.8 Å². The third-order valence-corrected chi connectivity index (χ3v) is 6.93. The number of aromatic hydroxyl groups is 1. The van der Waals surface area contributed by atoms with Crippen molar-refractivity contribution >= 4 is 32.7 Å². The third kappa shape index (κ3) is 4.10. The van der Waals surface area contributed by atoms with Crippen molar-refractivity contribution in [2.75, 3.05) is 0 Å². The number of phenolic OH excluding ortho intramolecular Hbond substituents is 1. The summed E-state index contributed by atoms with van der Waals surface area (Å²) in [6.07, 6.45) is -0.138. The second-order valence-corrected chi connectivity index (χ2v) is 9.97. The van der Waals surface area contributed by atoms with Crippen LogP contribution in [0.3, 0.4) is 0 Å². The molecule has 0 bridgehead atoms. The van der Waals surface area contributed by atoms with Crippen molar-refractivity contribution in [1.29, 1.82) is 0 Å². The van der Waals surface area contributed by atoms with Crippen LogP contribution in [-0.4, -0.2) is 26.2 Å². The van der Waals surface area contributed by atoms with Crippen LogP contribution in [0.1, 0.15) is 13.8 Å². The van der Waals surface area contributed by atoms with Crippen molar-refractivity contribution in [2.45, 2.75) is 20.0 Å². The van der Waals surface area contributed by atoms with Crippen molar-refractivity contribution < 1.29 is 14.3 Å². The molecule has 2 heterocycles. The van der Waals surface area contributed by atoms with Crippen LogP contribution < -0.4 is 4.74 Å². The van der Waals surface area contributed by atoms with Crippen LogP contribution >= 0.6 is 0 Å². The summed E-state index contributed by atoms with van der Waals surface area (Å²) in [4.78, 5) is 14.0. The molecule has 0 aliphatic carbocycles. The summed E-state index contributed by atoms with van der Waals surface area (Å²) < 4.78 is 12.4. The summed E-state index contributed by atoms with van der Waals surface area (Å²) in [5.41, 5.74) is 5.07. The predicted octanol–water partition coefficient (Wildman–Crippen LogP) is 8.42. The first-order chi connectivity index (χ1) is 19.5. The number of hydrogen-bond acceptors (Lipinski definition) is 6. The molecule has 194 valence electrons. The number of benzene rings is 5. The Morgan fingerprint density at radius 2 is 1.32 bits per heavy atom. The molecule has 0 spiro atoms. The molecule has 0 saturated carbocycles. The molecule has 0 aliphatic rings. The number of nitrogens with zero attached hydrogens (tertiary/aromatic N) is 3. The fraction of sp³-hybridized carbons (Fsp3) is 0.0882. The second kappa shape index (κ2) is 9.50. The molecule has 0 aliphatic heterocycles. The summed E-state index contributed by atoms with van der Waals surface area (Å²) >= 11 is 0. The molecular weight excluding hydrogens is 498 g/mol. The second-order valence-electron chi connectivity index (χ2n) is 9.97. The molecule has 6 nitrogen and oxygen atoms in total. The molecule has 7 aromatic rings. The lowest BCUT2D eigenvalue weighted by atomic mass is 9.97. The zero-order valence-corrected chi connectivity index (χ0v) is 22.0. The summed E-state index contributed by atoms with van der Waals surface area (Å²) in [6.45, 7) is 3.84. The maximum Gasteiger partial charge on any atom is 0.320 e. The molecule has 0 fully saturated rings. The van der Waals surface area contributed by atoms with Crippen LogP contribution in [0.25, 0.3) is 66.6 Å². The lowest BCUT2D eigenvalue weighted by Crippen LogP contribution is -2.10.